The fraction of sp³-hybridized carbons (Fsp3) is 0.700. The highest BCUT2D eigenvalue weighted by Crippen LogP contribution is 1.99. The summed E-state index contributed by atoms with van der Waals surface area (Å²) in [6.07, 6.45) is 6.14. The minimum atomic E-state index is 0.0851. The summed E-state index contributed by atoms with van der Waals surface area (Å²) in [5.74, 6) is 0. The van der Waals surface area contributed by atoms with E-state index in [1.54, 1.807) is 0 Å². The average molecular weight is 182 g/mol. The summed E-state index contributed by atoms with van der Waals surface area (Å²) in [5.41, 5.74) is 1.01. The van der Waals surface area contributed by atoms with Gasteiger partial charge in [-0.25, -0.2) is 0 Å². The number of nitrogens with zero attached hydrogens (tertiary/aromatic N) is 1. The molecule has 1 N–H and O–H groups in total. The first-order chi connectivity index (χ1) is 6.27. The average Bonchev–Trinajstić information content (AvgIpc) is 2.44. The van der Waals surface area contributed by atoms with Gasteiger partial charge in [0.2, 0.25) is 0 Å². The van der Waals surface area contributed by atoms with Gasteiger partial charge < -0.3 is 0 Å². The second-order valence-corrected chi connectivity index (χ2v) is 3.39. The number of aromatic nitrogens is 2. The predicted octanol–water partition coefficient (Wildman–Crippen LogP) is 1.93. The van der Waals surface area contributed by atoms with Crippen LogP contribution in [0.15, 0.2) is 11.0 Å². The molecule has 13 heavy (non-hydrogen) atoms. The molecule has 0 aromatic carbocycles. The summed E-state index contributed by atoms with van der Waals surface area (Å²) in [7, 11) is 0. The molecular formula is C10H18N2O. The zero-order chi connectivity index (χ0) is 9.68. The van der Waals surface area contributed by atoms with Crippen LogP contribution in [0.2, 0.25) is 0 Å². The standard InChI is InChI=1S/C10H18N2O/c1-3-5-6-9-8-12(7-4-2)11-10(9)13/h8H,3-7H2,1-2H3,(H,11,13). The van der Waals surface area contributed by atoms with Crippen molar-refractivity contribution < 1.29 is 0 Å². The van der Waals surface area contributed by atoms with Gasteiger partial charge in [-0.15, -0.1) is 0 Å². The molecular weight excluding hydrogens is 164 g/mol. The highest BCUT2D eigenvalue weighted by molar-refractivity contribution is 5.04. The number of H-pyrrole nitrogens is 1. The highest BCUT2D eigenvalue weighted by Gasteiger charge is 2.01. The lowest BCUT2D eigenvalue weighted by Crippen LogP contribution is -2.07. The quantitative estimate of drug-likeness (QED) is 0.742. The minimum Gasteiger partial charge on any atom is -0.292 e. The van der Waals surface area contributed by atoms with Crippen molar-refractivity contribution in [2.45, 2.75) is 46.1 Å². The van der Waals surface area contributed by atoms with E-state index in [0.717, 1.165) is 37.8 Å². The van der Waals surface area contributed by atoms with Crippen LogP contribution in [0.3, 0.4) is 0 Å². The molecule has 0 unspecified atom stereocenters. The van der Waals surface area contributed by atoms with E-state index in [9.17, 15) is 4.79 Å². The van der Waals surface area contributed by atoms with Crippen molar-refractivity contribution in [1.29, 1.82) is 0 Å². The van der Waals surface area contributed by atoms with Crippen LogP contribution in [0.5, 0.6) is 0 Å². The fourth-order valence-electron chi connectivity index (χ4n) is 1.39. The van der Waals surface area contributed by atoms with Gasteiger partial charge in [-0.2, -0.15) is 0 Å². The highest BCUT2D eigenvalue weighted by atomic mass is 16.1. The van der Waals surface area contributed by atoms with E-state index >= 15 is 0 Å². The number of aryl methyl sites for hydroxylation is 2. The van der Waals surface area contributed by atoms with Gasteiger partial charge in [-0.1, -0.05) is 20.3 Å². The molecule has 0 radical (unpaired) electrons. The first-order valence-electron chi connectivity index (χ1n) is 5.06. The molecule has 3 nitrogen and oxygen atoms in total. The zero-order valence-electron chi connectivity index (χ0n) is 8.47. The minimum absolute atomic E-state index is 0.0851. The Balaban J connectivity index is 2.66. The van der Waals surface area contributed by atoms with Crippen molar-refractivity contribution in [3.05, 3.63) is 22.1 Å². The van der Waals surface area contributed by atoms with Crippen LogP contribution in [-0.4, -0.2) is 9.78 Å². The van der Waals surface area contributed by atoms with E-state index in [4.69, 9.17) is 0 Å². The summed E-state index contributed by atoms with van der Waals surface area (Å²) in [6.45, 7) is 5.14. The summed E-state index contributed by atoms with van der Waals surface area (Å²) < 4.78 is 1.88. The van der Waals surface area contributed by atoms with Gasteiger partial charge in [0.1, 0.15) is 0 Å². The van der Waals surface area contributed by atoms with Crippen molar-refractivity contribution in [2.24, 2.45) is 0 Å². The third-order valence-corrected chi connectivity index (χ3v) is 2.11. The van der Waals surface area contributed by atoms with Crippen LogP contribution in [0.25, 0.3) is 0 Å². The smallest absolute Gasteiger partial charge is 0.267 e. The van der Waals surface area contributed by atoms with Crippen molar-refractivity contribution in [1.82, 2.24) is 9.78 Å². The maximum absolute atomic E-state index is 11.3. The molecule has 0 aliphatic carbocycles. The Bertz CT molecular complexity index is 298. The van der Waals surface area contributed by atoms with Gasteiger partial charge in [0.15, 0.2) is 0 Å². The molecule has 3 heteroatoms. The summed E-state index contributed by atoms with van der Waals surface area (Å²) >= 11 is 0. The SMILES string of the molecule is CCCCc1cn(CCC)[nH]c1=O. The second-order valence-electron chi connectivity index (χ2n) is 3.39. The zero-order valence-corrected chi connectivity index (χ0v) is 8.47. The fourth-order valence-corrected chi connectivity index (χ4v) is 1.39. The van der Waals surface area contributed by atoms with Crippen LogP contribution >= 0.6 is 0 Å². The van der Waals surface area contributed by atoms with Gasteiger partial charge in [0.25, 0.3) is 5.56 Å². The molecule has 0 fully saturated rings. The number of aromatic amines is 1. The first-order valence-corrected chi connectivity index (χ1v) is 5.06. The van der Waals surface area contributed by atoms with Crippen LogP contribution in [0.1, 0.15) is 38.7 Å². The van der Waals surface area contributed by atoms with Gasteiger partial charge >= 0.3 is 0 Å². The van der Waals surface area contributed by atoms with E-state index in [1.165, 1.54) is 0 Å². The molecule has 1 rings (SSSR count). The number of nitrogens with one attached hydrogen (secondary N) is 1. The first kappa shape index (κ1) is 10.1. The van der Waals surface area contributed by atoms with Crippen molar-refractivity contribution in [3.8, 4) is 0 Å². The van der Waals surface area contributed by atoms with E-state index < -0.39 is 0 Å². The predicted molar refractivity (Wildman–Crippen MR) is 54.0 cm³/mol. The Labute approximate surface area is 78.8 Å². The number of hydrogen-bond acceptors (Lipinski definition) is 1. The number of hydrogen-bond donors (Lipinski definition) is 1. The third-order valence-electron chi connectivity index (χ3n) is 2.11. The molecule has 1 aromatic rings. The molecule has 0 atom stereocenters. The molecule has 0 saturated heterocycles. The Kier molecular flexibility index (Phi) is 3.80. The third kappa shape index (κ3) is 2.76. The molecule has 74 valence electrons. The van der Waals surface area contributed by atoms with Gasteiger partial charge in [-0.05, 0) is 19.3 Å². The molecule has 0 bridgehead atoms. The maximum atomic E-state index is 11.3. The van der Waals surface area contributed by atoms with Gasteiger partial charge in [-0.3, -0.25) is 14.6 Å². The molecule has 1 aromatic heterocycles. The van der Waals surface area contributed by atoms with E-state index in [0.29, 0.717) is 0 Å². The van der Waals surface area contributed by atoms with Crippen molar-refractivity contribution >= 4 is 0 Å². The van der Waals surface area contributed by atoms with Crippen LogP contribution in [0, 0.1) is 0 Å². The van der Waals surface area contributed by atoms with E-state index in [-0.39, 0.29) is 5.56 Å². The monoisotopic (exact) mass is 182 g/mol. The van der Waals surface area contributed by atoms with Crippen LogP contribution in [0.4, 0.5) is 0 Å². The normalized spacial score (nSPS) is 10.6. The van der Waals surface area contributed by atoms with Crippen LogP contribution in [-0.2, 0) is 13.0 Å². The van der Waals surface area contributed by atoms with Crippen molar-refractivity contribution in [3.63, 3.8) is 0 Å². The molecule has 0 aliphatic rings. The Morgan fingerprint density at radius 2 is 2.15 bits per heavy atom. The Hall–Kier alpha value is -0.990. The molecule has 1 heterocycles. The Morgan fingerprint density at radius 1 is 1.38 bits per heavy atom. The summed E-state index contributed by atoms with van der Waals surface area (Å²) in [6, 6.07) is 0. The summed E-state index contributed by atoms with van der Waals surface area (Å²) in [5, 5.41) is 2.82. The molecule has 0 aliphatic heterocycles. The largest absolute Gasteiger partial charge is 0.292 e. The second kappa shape index (κ2) is 4.90. The Morgan fingerprint density at radius 3 is 2.77 bits per heavy atom. The lowest BCUT2D eigenvalue weighted by molar-refractivity contribution is 0.597. The molecule has 0 saturated carbocycles. The molecule has 0 amide bonds. The lowest BCUT2D eigenvalue weighted by atomic mass is 10.2. The van der Waals surface area contributed by atoms with E-state index in [1.807, 2.05) is 10.9 Å². The van der Waals surface area contributed by atoms with Gasteiger partial charge in [0, 0.05) is 18.3 Å². The van der Waals surface area contributed by atoms with E-state index in [2.05, 4.69) is 18.9 Å². The van der Waals surface area contributed by atoms with Gasteiger partial charge in [0.05, 0.1) is 0 Å². The lowest BCUT2D eigenvalue weighted by Gasteiger charge is -1.96. The van der Waals surface area contributed by atoms with Crippen molar-refractivity contribution in [2.75, 3.05) is 0 Å². The number of rotatable bonds is 5. The topological polar surface area (TPSA) is 37.8 Å². The maximum Gasteiger partial charge on any atom is 0.267 e. The van der Waals surface area contributed by atoms with Crippen LogP contribution < -0.4 is 5.56 Å². The number of unbranched alkanes of at least 4 members (excludes halogenated alkanes) is 1. The molecule has 0 spiro atoms. The summed E-state index contributed by atoms with van der Waals surface area (Å²) in [4.78, 5) is 11.3.